The second-order valence-electron chi connectivity index (χ2n) is 7.08. The molecule has 1 fully saturated rings. The van der Waals surface area contributed by atoms with Gasteiger partial charge in [-0.3, -0.25) is 4.99 Å². The first-order valence-electron chi connectivity index (χ1n) is 10.2. The lowest BCUT2D eigenvalue weighted by Gasteiger charge is -2.37. The number of rotatable bonds is 7. The molecule has 31 heavy (non-hydrogen) atoms. The number of methoxy groups -OCH3 is 3. The quantitative estimate of drug-likeness (QED) is 0.331. The first-order valence-corrected chi connectivity index (χ1v) is 10.2. The van der Waals surface area contributed by atoms with E-state index in [-0.39, 0.29) is 24.0 Å². The molecule has 170 valence electrons. The molecule has 0 radical (unpaired) electrons. The Morgan fingerprint density at radius 2 is 1.65 bits per heavy atom. The van der Waals surface area contributed by atoms with E-state index < -0.39 is 0 Å². The molecule has 0 aromatic heterocycles. The SMILES string of the molecule is CN=C(NCCc1cc(OC)ccc1OC)N1CCN(c2cccc(OC)c2)CC1.I. The van der Waals surface area contributed by atoms with Gasteiger partial charge in [-0.25, -0.2) is 0 Å². The Hall–Kier alpha value is -2.36. The smallest absolute Gasteiger partial charge is 0.193 e. The minimum atomic E-state index is 0. The van der Waals surface area contributed by atoms with Crippen molar-refractivity contribution in [3.05, 3.63) is 48.0 Å². The molecule has 1 heterocycles. The lowest BCUT2D eigenvalue weighted by molar-refractivity contribution is 0.372. The normalized spacial score (nSPS) is 14.0. The summed E-state index contributed by atoms with van der Waals surface area (Å²) in [5, 5.41) is 3.49. The molecule has 8 heteroatoms. The molecular formula is C23H33IN4O3. The lowest BCUT2D eigenvalue weighted by atomic mass is 10.1. The van der Waals surface area contributed by atoms with Crippen LogP contribution < -0.4 is 24.4 Å². The highest BCUT2D eigenvalue weighted by atomic mass is 127. The third-order valence-electron chi connectivity index (χ3n) is 5.37. The second-order valence-corrected chi connectivity index (χ2v) is 7.08. The average molecular weight is 540 g/mol. The molecule has 0 aliphatic carbocycles. The largest absolute Gasteiger partial charge is 0.497 e. The van der Waals surface area contributed by atoms with Crippen molar-refractivity contribution in [1.82, 2.24) is 10.2 Å². The number of benzene rings is 2. The van der Waals surface area contributed by atoms with Gasteiger partial charge < -0.3 is 29.3 Å². The van der Waals surface area contributed by atoms with E-state index in [1.807, 2.05) is 37.4 Å². The summed E-state index contributed by atoms with van der Waals surface area (Å²) >= 11 is 0. The lowest BCUT2D eigenvalue weighted by Crippen LogP contribution is -2.52. The summed E-state index contributed by atoms with van der Waals surface area (Å²) in [7, 11) is 6.91. The number of nitrogens with zero attached hydrogens (tertiary/aromatic N) is 3. The van der Waals surface area contributed by atoms with E-state index in [1.54, 1.807) is 21.3 Å². The maximum absolute atomic E-state index is 5.48. The van der Waals surface area contributed by atoms with Crippen LogP contribution in [-0.4, -0.2) is 72.0 Å². The van der Waals surface area contributed by atoms with Crippen molar-refractivity contribution in [3.63, 3.8) is 0 Å². The van der Waals surface area contributed by atoms with Crippen LogP contribution in [0.15, 0.2) is 47.5 Å². The van der Waals surface area contributed by atoms with Crippen molar-refractivity contribution in [2.75, 3.05) is 66.0 Å². The molecule has 0 atom stereocenters. The van der Waals surface area contributed by atoms with Gasteiger partial charge >= 0.3 is 0 Å². The molecule has 2 aromatic carbocycles. The maximum atomic E-state index is 5.48. The molecule has 0 spiro atoms. The zero-order valence-corrected chi connectivity index (χ0v) is 21.1. The van der Waals surface area contributed by atoms with Crippen LogP contribution in [0, 0.1) is 0 Å². The fraction of sp³-hybridized carbons (Fsp3) is 0.435. The second kappa shape index (κ2) is 12.5. The van der Waals surface area contributed by atoms with Crippen molar-refractivity contribution in [1.29, 1.82) is 0 Å². The summed E-state index contributed by atoms with van der Waals surface area (Å²) in [6.07, 6.45) is 0.823. The van der Waals surface area contributed by atoms with E-state index >= 15 is 0 Å². The Morgan fingerprint density at radius 3 is 2.29 bits per heavy atom. The summed E-state index contributed by atoms with van der Waals surface area (Å²) in [5.41, 5.74) is 2.31. The molecule has 1 N–H and O–H groups in total. The molecule has 1 aliphatic rings. The minimum absolute atomic E-state index is 0. The Kier molecular flexibility index (Phi) is 10.0. The summed E-state index contributed by atoms with van der Waals surface area (Å²) in [4.78, 5) is 9.17. The van der Waals surface area contributed by atoms with Crippen molar-refractivity contribution < 1.29 is 14.2 Å². The van der Waals surface area contributed by atoms with Crippen LogP contribution in [0.5, 0.6) is 17.2 Å². The fourth-order valence-electron chi connectivity index (χ4n) is 3.70. The summed E-state index contributed by atoms with van der Waals surface area (Å²) < 4.78 is 16.2. The van der Waals surface area contributed by atoms with Gasteiger partial charge in [0, 0.05) is 51.5 Å². The molecule has 1 saturated heterocycles. The highest BCUT2D eigenvalue weighted by Gasteiger charge is 2.20. The summed E-state index contributed by atoms with van der Waals surface area (Å²) in [6, 6.07) is 14.1. The molecule has 0 bridgehead atoms. The van der Waals surface area contributed by atoms with Crippen molar-refractivity contribution >= 4 is 35.6 Å². The molecule has 0 amide bonds. The predicted octanol–water partition coefficient (Wildman–Crippen LogP) is 3.27. The number of hydrogen-bond acceptors (Lipinski definition) is 5. The van der Waals surface area contributed by atoms with Gasteiger partial charge in [-0.05, 0) is 42.3 Å². The van der Waals surface area contributed by atoms with Gasteiger partial charge in [-0.15, -0.1) is 24.0 Å². The summed E-state index contributed by atoms with van der Waals surface area (Å²) in [5.74, 6) is 3.53. The summed E-state index contributed by atoms with van der Waals surface area (Å²) in [6.45, 7) is 4.49. The Morgan fingerprint density at radius 1 is 0.935 bits per heavy atom. The van der Waals surface area contributed by atoms with Crippen LogP contribution in [0.2, 0.25) is 0 Å². The van der Waals surface area contributed by atoms with Crippen LogP contribution in [0.4, 0.5) is 5.69 Å². The number of halogens is 1. The van der Waals surface area contributed by atoms with Gasteiger partial charge in [0.05, 0.1) is 21.3 Å². The number of guanidine groups is 1. The van der Waals surface area contributed by atoms with Crippen LogP contribution in [0.25, 0.3) is 0 Å². The van der Waals surface area contributed by atoms with E-state index in [2.05, 4.69) is 32.2 Å². The number of aliphatic imine (C=N–C) groups is 1. The van der Waals surface area contributed by atoms with Gasteiger partial charge in [0.15, 0.2) is 5.96 Å². The topological polar surface area (TPSA) is 58.6 Å². The number of piperazine rings is 1. The van der Waals surface area contributed by atoms with Crippen LogP contribution in [0.3, 0.4) is 0 Å². The molecule has 0 unspecified atom stereocenters. The zero-order chi connectivity index (χ0) is 21.3. The third kappa shape index (κ3) is 6.56. The Balaban J connectivity index is 0.00000341. The highest BCUT2D eigenvalue weighted by molar-refractivity contribution is 14.0. The molecule has 1 aliphatic heterocycles. The Bertz CT molecular complexity index is 854. The van der Waals surface area contributed by atoms with Crippen molar-refractivity contribution in [2.45, 2.75) is 6.42 Å². The van der Waals surface area contributed by atoms with Crippen LogP contribution in [-0.2, 0) is 6.42 Å². The predicted molar refractivity (Wildman–Crippen MR) is 137 cm³/mol. The highest BCUT2D eigenvalue weighted by Crippen LogP contribution is 2.24. The number of anilines is 1. The maximum Gasteiger partial charge on any atom is 0.193 e. The van der Waals surface area contributed by atoms with Gasteiger partial charge in [-0.1, -0.05) is 6.07 Å². The third-order valence-corrected chi connectivity index (χ3v) is 5.37. The van der Waals surface area contributed by atoms with Gasteiger partial charge in [0.2, 0.25) is 0 Å². The monoisotopic (exact) mass is 540 g/mol. The van der Waals surface area contributed by atoms with E-state index in [9.17, 15) is 0 Å². The van der Waals surface area contributed by atoms with Crippen LogP contribution in [0.1, 0.15) is 5.56 Å². The van der Waals surface area contributed by atoms with Crippen molar-refractivity contribution in [3.8, 4) is 17.2 Å². The minimum Gasteiger partial charge on any atom is -0.497 e. The van der Waals surface area contributed by atoms with E-state index in [4.69, 9.17) is 14.2 Å². The molecular weight excluding hydrogens is 507 g/mol. The van der Waals surface area contributed by atoms with E-state index in [0.29, 0.717) is 0 Å². The number of nitrogens with one attached hydrogen (secondary N) is 1. The number of hydrogen-bond donors (Lipinski definition) is 1. The van der Waals surface area contributed by atoms with Gasteiger partial charge in [0.1, 0.15) is 17.2 Å². The number of ether oxygens (including phenoxy) is 3. The van der Waals surface area contributed by atoms with Crippen LogP contribution >= 0.6 is 24.0 Å². The molecule has 0 saturated carbocycles. The standard InChI is InChI=1S/C23H32N4O3.HI/c1-24-23(25-11-10-18-16-21(29-3)8-9-22(18)30-4)27-14-12-26(13-15-27)19-6-5-7-20(17-19)28-2;/h5-9,16-17H,10-15H2,1-4H3,(H,24,25);1H. The fourth-order valence-corrected chi connectivity index (χ4v) is 3.70. The zero-order valence-electron chi connectivity index (χ0n) is 18.8. The van der Waals surface area contributed by atoms with E-state index in [0.717, 1.165) is 67.9 Å². The van der Waals surface area contributed by atoms with Crippen molar-refractivity contribution in [2.24, 2.45) is 4.99 Å². The average Bonchev–Trinajstić information content (AvgIpc) is 2.82. The van der Waals surface area contributed by atoms with Gasteiger partial charge in [-0.2, -0.15) is 0 Å². The first kappa shape index (κ1) is 24.9. The molecule has 2 aromatic rings. The molecule has 3 rings (SSSR count). The Labute approximate surface area is 202 Å². The molecule has 7 nitrogen and oxygen atoms in total. The first-order chi connectivity index (χ1) is 14.7. The van der Waals surface area contributed by atoms with E-state index in [1.165, 1.54) is 5.69 Å². The van der Waals surface area contributed by atoms with Gasteiger partial charge in [0.25, 0.3) is 0 Å².